The van der Waals surface area contributed by atoms with E-state index in [2.05, 4.69) is 0 Å². The first kappa shape index (κ1) is 6.00. The highest BCUT2D eigenvalue weighted by atomic mass is 16.1. The predicted molar refractivity (Wildman–Crippen MR) is 48.3 cm³/mol. The summed E-state index contributed by atoms with van der Waals surface area (Å²) in [7, 11) is 1.80. The molecule has 0 spiro atoms. The number of rotatable bonds is 1. The van der Waals surface area contributed by atoms with Gasteiger partial charge in [-0.25, -0.2) is 0 Å². The molecule has 0 aliphatic heterocycles. The Labute approximate surface area is 71.8 Å². The van der Waals surface area contributed by atoms with Crippen LogP contribution in [0, 0.1) is 0 Å². The molecule has 0 bridgehead atoms. The van der Waals surface area contributed by atoms with Gasteiger partial charge in [0.25, 0.3) is 0 Å². The summed E-state index contributed by atoms with van der Waals surface area (Å²) in [5.41, 5.74) is 1.42. The Balaban J connectivity index is 2.81. The number of hydrogen-bond donors (Lipinski definition) is 0. The largest absolute Gasteiger partial charge is 0.341 e. The van der Waals surface area contributed by atoms with Crippen LogP contribution in [0.2, 0.25) is 0 Å². The van der Waals surface area contributed by atoms with E-state index in [1.165, 1.54) is 0 Å². The number of para-hydroxylation sites is 1. The van der Waals surface area contributed by atoms with Crippen molar-refractivity contribution >= 4 is 17.2 Å². The quantitative estimate of drug-likeness (QED) is 0.585. The summed E-state index contributed by atoms with van der Waals surface area (Å²) in [5.74, 6) is 0. The lowest BCUT2D eigenvalue weighted by Crippen LogP contribution is -1.92. The second-order valence-corrected chi connectivity index (χ2v) is 2.75. The Morgan fingerprint density at radius 1 is 1.50 bits per heavy atom. The van der Waals surface area contributed by atoms with Crippen LogP contribution in [0.25, 0.3) is 10.9 Å². The van der Waals surface area contributed by atoms with E-state index in [0.29, 0.717) is 5.69 Å². The standard InChI is InChI=1S/C10H9NO/c1-11-9(7-12)6-8-4-2-3-5-10(8)11/h2-7H,1H3/i7D. The third-order valence-electron chi connectivity index (χ3n) is 2.06. The Morgan fingerprint density at radius 3 is 2.92 bits per heavy atom. The zero-order chi connectivity index (χ0) is 9.42. The van der Waals surface area contributed by atoms with E-state index in [-0.39, 0.29) is 0 Å². The molecule has 1 aromatic heterocycles. The molecule has 2 heteroatoms. The van der Waals surface area contributed by atoms with Gasteiger partial charge in [0, 0.05) is 18.0 Å². The number of hydrogen-bond acceptors (Lipinski definition) is 1. The number of aromatic nitrogens is 1. The van der Waals surface area contributed by atoms with E-state index < -0.39 is 6.26 Å². The van der Waals surface area contributed by atoms with Crippen molar-refractivity contribution < 1.29 is 6.17 Å². The summed E-state index contributed by atoms with van der Waals surface area (Å²) in [4.78, 5) is 10.9. The van der Waals surface area contributed by atoms with Crippen molar-refractivity contribution in [3.8, 4) is 0 Å². The number of carbonyl (C=O) groups is 1. The van der Waals surface area contributed by atoms with Crippen molar-refractivity contribution in [1.82, 2.24) is 4.57 Å². The highest BCUT2D eigenvalue weighted by Gasteiger charge is 2.01. The lowest BCUT2D eigenvalue weighted by molar-refractivity contribution is 0.111. The molecule has 0 aliphatic carbocycles. The SMILES string of the molecule is [2H]C(=O)c1cc2ccccc2n1C. The van der Waals surface area contributed by atoms with Crippen LogP contribution in [0.3, 0.4) is 0 Å². The fourth-order valence-corrected chi connectivity index (χ4v) is 1.39. The number of benzene rings is 1. The summed E-state index contributed by atoms with van der Waals surface area (Å²) in [5, 5.41) is 1.00. The van der Waals surface area contributed by atoms with E-state index in [1.54, 1.807) is 17.7 Å². The van der Waals surface area contributed by atoms with Gasteiger partial charge >= 0.3 is 0 Å². The lowest BCUT2D eigenvalue weighted by atomic mass is 10.2. The van der Waals surface area contributed by atoms with Crippen molar-refractivity contribution in [2.24, 2.45) is 7.05 Å². The summed E-state index contributed by atoms with van der Waals surface area (Å²) in [6.07, 6.45) is -0.640. The molecule has 2 aromatic rings. The summed E-state index contributed by atoms with van der Waals surface area (Å²) in [6.45, 7) is 0. The number of nitrogens with zero attached hydrogens (tertiary/aromatic N) is 1. The molecule has 60 valence electrons. The summed E-state index contributed by atoms with van der Waals surface area (Å²) < 4.78 is 8.77. The van der Waals surface area contributed by atoms with Gasteiger partial charge in [-0.2, -0.15) is 0 Å². The Kier molecular flexibility index (Phi) is 1.24. The molecule has 1 aromatic carbocycles. The van der Waals surface area contributed by atoms with Crippen molar-refractivity contribution in [3.63, 3.8) is 0 Å². The highest BCUT2D eigenvalue weighted by molar-refractivity contribution is 5.88. The smallest absolute Gasteiger partial charge is 0.166 e. The highest BCUT2D eigenvalue weighted by Crippen LogP contribution is 2.16. The second kappa shape index (κ2) is 2.48. The van der Waals surface area contributed by atoms with Crippen molar-refractivity contribution in [3.05, 3.63) is 36.0 Å². The molecular formula is C10H9NO. The molecule has 0 radical (unpaired) electrons. The monoisotopic (exact) mass is 160 g/mol. The molecule has 0 aliphatic rings. The third kappa shape index (κ3) is 0.848. The van der Waals surface area contributed by atoms with E-state index >= 15 is 0 Å². The zero-order valence-corrected chi connectivity index (χ0v) is 6.74. The zero-order valence-electron chi connectivity index (χ0n) is 7.74. The Hall–Kier alpha value is -1.57. The topological polar surface area (TPSA) is 22.0 Å². The molecule has 0 fully saturated rings. The summed E-state index contributed by atoms with van der Waals surface area (Å²) in [6, 6.07) is 9.44. The number of fused-ring (bicyclic) bond motifs is 1. The molecule has 2 rings (SSSR count). The average Bonchev–Trinajstić information content (AvgIpc) is 2.45. The van der Waals surface area contributed by atoms with Crippen LogP contribution in [-0.4, -0.2) is 10.8 Å². The fraction of sp³-hybridized carbons (Fsp3) is 0.100. The van der Waals surface area contributed by atoms with Crippen LogP contribution in [0.4, 0.5) is 0 Å². The molecule has 0 saturated heterocycles. The maximum absolute atomic E-state index is 10.9. The Morgan fingerprint density at radius 2 is 2.25 bits per heavy atom. The van der Waals surface area contributed by atoms with Gasteiger partial charge in [0.05, 0.1) is 5.69 Å². The van der Waals surface area contributed by atoms with Gasteiger partial charge in [-0.05, 0) is 12.1 Å². The van der Waals surface area contributed by atoms with Crippen LogP contribution >= 0.6 is 0 Å². The number of aldehydes is 1. The van der Waals surface area contributed by atoms with Crippen LogP contribution < -0.4 is 0 Å². The number of aryl methyl sites for hydroxylation is 1. The van der Waals surface area contributed by atoms with E-state index in [9.17, 15) is 4.79 Å². The first-order valence-electron chi connectivity index (χ1n) is 4.25. The second-order valence-electron chi connectivity index (χ2n) is 2.75. The van der Waals surface area contributed by atoms with Gasteiger partial charge in [0.2, 0.25) is 0 Å². The van der Waals surface area contributed by atoms with Crippen molar-refractivity contribution in [1.29, 1.82) is 0 Å². The minimum absolute atomic E-state index is 0.432. The third-order valence-corrected chi connectivity index (χ3v) is 2.06. The minimum atomic E-state index is -0.640. The van der Waals surface area contributed by atoms with Gasteiger partial charge in [-0.15, -0.1) is 0 Å². The minimum Gasteiger partial charge on any atom is -0.341 e. The fourth-order valence-electron chi connectivity index (χ4n) is 1.39. The predicted octanol–water partition coefficient (Wildman–Crippen LogP) is 1.99. The van der Waals surface area contributed by atoms with E-state index in [1.807, 2.05) is 24.3 Å². The first-order valence-corrected chi connectivity index (χ1v) is 3.75. The molecule has 0 saturated carbocycles. The van der Waals surface area contributed by atoms with Gasteiger partial charge in [-0.3, -0.25) is 4.79 Å². The van der Waals surface area contributed by atoms with Gasteiger partial charge < -0.3 is 4.57 Å². The van der Waals surface area contributed by atoms with E-state index in [0.717, 1.165) is 10.9 Å². The first-order chi connectivity index (χ1) is 6.20. The van der Waals surface area contributed by atoms with Crippen molar-refractivity contribution in [2.45, 2.75) is 0 Å². The van der Waals surface area contributed by atoms with Crippen LogP contribution in [-0.2, 0) is 7.05 Å². The Bertz CT molecular complexity index is 473. The van der Waals surface area contributed by atoms with Gasteiger partial charge in [0.15, 0.2) is 6.26 Å². The van der Waals surface area contributed by atoms with Crippen molar-refractivity contribution in [2.75, 3.05) is 0 Å². The van der Waals surface area contributed by atoms with Gasteiger partial charge in [0.1, 0.15) is 1.37 Å². The molecule has 0 N–H and O–H groups in total. The van der Waals surface area contributed by atoms with Gasteiger partial charge in [-0.1, -0.05) is 18.2 Å². The van der Waals surface area contributed by atoms with Crippen LogP contribution in [0.1, 0.15) is 11.9 Å². The lowest BCUT2D eigenvalue weighted by Gasteiger charge is -1.95. The maximum atomic E-state index is 10.9. The molecule has 12 heavy (non-hydrogen) atoms. The average molecular weight is 160 g/mol. The molecular weight excluding hydrogens is 150 g/mol. The van der Waals surface area contributed by atoms with E-state index in [4.69, 9.17) is 1.37 Å². The molecule has 0 amide bonds. The normalized spacial score (nSPS) is 11.6. The molecule has 0 atom stereocenters. The number of carbonyl (C=O) groups excluding carboxylic acids is 1. The summed E-state index contributed by atoms with van der Waals surface area (Å²) >= 11 is 0. The molecule has 1 heterocycles. The molecule has 0 unspecified atom stereocenters. The van der Waals surface area contributed by atoms with Crippen LogP contribution in [0.15, 0.2) is 30.3 Å². The van der Waals surface area contributed by atoms with Crippen LogP contribution in [0.5, 0.6) is 0 Å². The maximum Gasteiger partial charge on any atom is 0.166 e. The molecule has 2 nitrogen and oxygen atoms in total.